The van der Waals surface area contributed by atoms with E-state index in [0.29, 0.717) is 12.6 Å². The van der Waals surface area contributed by atoms with Gasteiger partial charge in [-0.3, -0.25) is 4.99 Å². The lowest BCUT2D eigenvalue weighted by Gasteiger charge is -2.28. The molecule has 3 rings (SSSR count). The van der Waals surface area contributed by atoms with Crippen LogP contribution in [0, 0.1) is 5.92 Å². The molecule has 0 bridgehead atoms. The second kappa shape index (κ2) is 9.62. The first-order chi connectivity index (χ1) is 13.1. The molecule has 3 N–H and O–H groups in total. The van der Waals surface area contributed by atoms with Gasteiger partial charge in [0.1, 0.15) is 0 Å². The first-order valence-electron chi connectivity index (χ1n) is 10.3. The molecule has 2 amide bonds. The van der Waals surface area contributed by atoms with Crippen LogP contribution in [0.4, 0.5) is 10.5 Å². The van der Waals surface area contributed by atoms with E-state index in [0.717, 1.165) is 49.1 Å². The summed E-state index contributed by atoms with van der Waals surface area (Å²) in [6, 6.07) is 8.52. The molecular weight excluding hydrogens is 338 g/mol. The number of likely N-dealkylation sites (tertiary alicyclic amines) is 1. The number of carbonyl (C=O) groups excluding carboxylic acids is 1. The highest BCUT2D eigenvalue weighted by molar-refractivity contribution is 5.89. The zero-order valence-corrected chi connectivity index (χ0v) is 16.6. The Morgan fingerprint density at radius 1 is 1.19 bits per heavy atom. The second-order valence-electron chi connectivity index (χ2n) is 7.85. The zero-order valence-electron chi connectivity index (χ0n) is 16.6. The van der Waals surface area contributed by atoms with Gasteiger partial charge in [-0.2, -0.15) is 0 Å². The molecule has 1 saturated heterocycles. The first kappa shape index (κ1) is 19.5. The first-order valence-corrected chi connectivity index (χ1v) is 10.3. The highest BCUT2D eigenvalue weighted by Gasteiger charge is 2.19. The second-order valence-corrected chi connectivity index (χ2v) is 7.85. The number of hydrogen-bond acceptors (Lipinski definition) is 2. The van der Waals surface area contributed by atoms with Crippen LogP contribution in [0.1, 0.15) is 51.0 Å². The topological polar surface area (TPSA) is 68.8 Å². The van der Waals surface area contributed by atoms with E-state index >= 15 is 0 Å². The van der Waals surface area contributed by atoms with Gasteiger partial charge in [0.05, 0.1) is 0 Å². The molecule has 1 aliphatic heterocycles. The fourth-order valence-electron chi connectivity index (χ4n) is 3.86. The van der Waals surface area contributed by atoms with E-state index in [1.54, 1.807) is 0 Å². The molecule has 0 spiro atoms. The van der Waals surface area contributed by atoms with Crippen molar-refractivity contribution in [2.24, 2.45) is 10.9 Å². The summed E-state index contributed by atoms with van der Waals surface area (Å²) >= 11 is 0. The highest BCUT2D eigenvalue weighted by Crippen LogP contribution is 2.23. The SMILES string of the molecule is CN=C(NCc1cccc(NC(=O)N2CCCC2)c1)NC1CCC(C)CC1. The monoisotopic (exact) mass is 371 g/mol. The third-order valence-electron chi connectivity index (χ3n) is 5.61. The number of rotatable bonds is 4. The number of benzene rings is 1. The standard InChI is InChI=1S/C21H33N5O/c1-16-8-10-18(11-9-16)24-20(22-2)23-15-17-6-5-7-19(14-17)25-21(27)26-12-3-4-13-26/h5-7,14,16,18H,3-4,8-13,15H2,1-2H3,(H,25,27)(H2,22,23,24). The van der Waals surface area contributed by atoms with Gasteiger partial charge in [0, 0.05) is 38.4 Å². The Balaban J connectivity index is 1.48. The number of carbonyl (C=O) groups is 1. The van der Waals surface area contributed by atoms with Crippen LogP contribution in [0.15, 0.2) is 29.3 Å². The van der Waals surface area contributed by atoms with E-state index in [-0.39, 0.29) is 6.03 Å². The quantitative estimate of drug-likeness (QED) is 0.560. The Bertz CT molecular complexity index is 646. The molecule has 0 unspecified atom stereocenters. The molecule has 1 aliphatic carbocycles. The van der Waals surface area contributed by atoms with Crippen molar-refractivity contribution in [3.05, 3.63) is 29.8 Å². The smallest absolute Gasteiger partial charge is 0.321 e. The van der Waals surface area contributed by atoms with Gasteiger partial charge in [0.25, 0.3) is 0 Å². The number of amides is 2. The van der Waals surface area contributed by atoms with Crippen molar-refractivity contribution in [2.45, 2.75) is 58.0 Å². The van der Waals surface area contributed by atoms with E-state index in [1.165, 1.54) is 25.7 Å². The van der Waals surface area contributed by atoms with Gasteiger partial charge in [0.2, 0.25) is 0 Å². The third kappa shape index (κ3) is 5.88. The Kier molecular flexibility index (Phi) is 6.96. The Morgan fingerprint density at radius 2 is 1.93 bits per heavy atom. The van der Waals surface area contributed by atoms with Crippen molar-refractivity contribution in [1.82, 2.24) is 15.5 Å². The van der Waals surface area contributed by atoms with E-state index in [9.17, 15) is 4.79 Å². The molecule has 6 nitrogen and oxygen atoms in total. The van der Waals surface area contributed by atoms with Crippen LogP contribution in [0.3, 0.4) is 0 Å². The summed E-state index contributed by atoms with van der Waals surface area (Å²) in [6.45, 7) is 4.72. The summed E-state index contributed by atoms with van der Waals surface area (Å²) in [4.78, 5) is 18.5. The van der Waals surface area contributed by atoms with Crippen LogP contribution in [0.25, 0.3) is 0 Å². The predicted molar refractivity (Wildman–Crippen MR) is 111 cm³/mol. The van der Waals surface area contributed by atoms with Gasteiger partial charge in [-0.05, 0) is 62.1 Å². The molecule has 0 radical (unpaired) electrons. The van der Waals surface area contributed by atoms with Gasteiger partial charge in [0.15, 0.2) is 5.96 Å². The average Bonchev–Trinajstić information content (AvgIpc) is 3.22. The molecule has 6 heteroatoms. The maximum atomic E-state index is 12.3. The lowest BCUT2D eigenvalue weighted by Crippen LogP contribution is -2.44. The summed E-state index contributed by atoms with van der Waals surface area (Å²) in [6.07, 6.45) is 7.19. The highest BCUT2D eigenvalue weighted by atomic mass is 16.2. The Labute approximate surface area is 162 Å². The van der Waals surface area contributed by atoms with Crippen LogP contribution >= 0.6 is 0 Å². The van der Waals surface area contributed by atoms with Crippen LogP contribution in [-0.4, -0.2) is 43.1 Å². The van der Waals surface area contributed by atoms with Gasteiger partial charge in [-0.1, -0.05) is 19.1 Å². The molecule has 2 aliphatic rings. The molecular formula is C21H33N5O. The lowest BCUT2D eigenvalue weighted by molar-refractivity contribution is 0.222. The number of aliphatic imine (C=N–C) groups is 1. The minimum atomic E-state index is 0.00149. The van der Waals surface area contributed by atoms with Crippen LogP contribution in [0.5, 0.6) is 0 Å². The van der Waals surface area contributed by atoms with Gasteiger partial charge in [-0.15, -0.1) is 0 Å². The van der Waals surface area contributed by atoms with E-state index < -0.39 is 0 Å². The maximum absolute atomic E-state index is 12.3. The number of hydrogen-bond donors (Lipinski definition) is 3. The van der Waals surface area contributed by atoms with Gasteiger partial charge >= 0.3 is 6.03 Å². The van der Waals surface area contributed by atoms with Crippen LogP contribution in [0.2, 0.25) is 0 Å². The van der Waals surface area contributed by atoms with E-state index in [2.05, 4.69) is 33.9 Å². The van der Waals surface area contributed by atoms with Crippen molar-refractivity contribution in [1.29, 1.82) is 0 Å². The number of urea groups is 1. The molecule has 27 heavy (non-hydrogen) atoms. The number of guanidine groups is 1. The van der Waals surface area contributed by atoms with Crippen LogP contribution in [-0.2, 0) is 6.54 Å². The number of anilines is 1. The van der Waals surface area contributed by atoms with Crippen molar-refractivity contribution in [3.8, 4) is 0 Å². The van der Waals surface area contributed by atoms with Crippen molar-refractivity contribution >= 4 is 17.7 Å². The molecule has 2 fully saturated rings. The summed E-state index contributed by atoms with van der Waals surface area (Å²) in [7, 11) is 1.81. The fraction of sp³-hybridized carbons (Fsp3) is 0.619. The van der Waals surface area contributed by atoms with E-state index in [4.69, 9.17) is 0 Å². The van der Waals surface area contributed by atoms with Gasteiger partial charge in [-0.25, -0.2) is 4.79 Å². The third-order valence-corrected chi connectivity index (χ3v) is 5.61. The molecule has 1 aromatic rings. The summed E-state index contributed by atoms with van der Waals surface area (Å²) < 4.78 is 0. The molecule has 1 saturated carbocycles. The molecule has 1 aromatic carbocycles. The Morgan fingerprint density at radius 3 is 2.63 bits per heavy atom. The predicted octanol–water partition coefficient (Wildman–Crippen LogP) is 3.56. The molecule has 0 aromatic heterocycles. The average molecular weight is 372 g/mol. The molecule has 0 atom stereocenters. The molecule has 148 valence electrons. The fourth-order valence-corrected chi connectivity index (χ4v) is 3.86. The van der Waals surface area contributed by atoms with Crippen LogP contribution < -0.4 is 16.0 Å². The molecule has 1 heterocycles. The van der Waals surface area contributed by atoms with E-state index in [1.807, 2.05) is 30.1 Å². The van der Waals surface area contributed by atoms with Gasteiger partial charge < -0.3 is 20.9 Å². The summed E-state index contributed by atoms with van der Waals surface area (Å²) in [5.74, 6) is 1.69. The maximum Gasteiger partial charge on any atom is 0.321 e. The van der Waals surface area contributed by atoms with Crippen molar-refractivity contribution in [2.75, 3.05) is 25.5 Å². The minimum Gasteiger partial charge on any atom is -0.354 e. The Hall–Kier alpha value is -2.24. The van der Waals surface area contributed by atoms with Crippen molar-refractivity contribution < 1.29 is 4.79 Å². The largest absolute Gasteiger partial charge is 0.354 e. The minimum absolute atomic E-state index is 0.00149. The zero-order chi connectivity index (χ0) is 19.1. The number of nitrogens with zero attached hydrogens (tertiary/aromatic N) is 2. The normalized spacial score (nSPS) is 23.2. The summed E-state index contributed by atoms with van der Waals surface area (Å²) in [5, 5.41) is 9.95. The lowest BCUT2D eigenvalue weighted by atomic mass is 9.87. The number of nitrogens with one attached hydrogen (secondary N) is 3. The van der Waals surface area contributed by atoms with Crippen molar-refractivity contribution in [3.63, 3.8) is 0 Å². The summed E-state index contributed by atoms with van der Waals surface area (Å²) in [5.41, 5.74) is 1.96.